The molecule has 1 rings (SSSR count). The molecule has 0 aromatic heterocycles. The van der Waals surface area contributed by atoms with Crippen molar-refractivity contribution in [3.63, 3.8) is 0 Å². The maximum atomic E-state index is 11.7. The molecule has 21 heavy (non-hydrogen) atoms. The molecule has 0 fully saturated rings. The zero-order valence-corrected chi connectivity index (χ0v) is 13.4. The van der Waals surface area contributed by atoms with Crippen LogP contribution in [0.3, 0.4) is 0 Å². The lowest BCUT2D eigenvalue weighted by Crippen LogP contribution is -2.38. The second kappa shape index (κ2) is 7.99. The van der Waals surface area contributed by atoms with E-state index in [1.54, 1.807) is 7.11 Å². The van der Waals surface area contributed by atoms with E-state index in [4.69, 9.17) is 4.74 Å². The number of methoxy groups -OCH3 is 1. The summed E-state index contributed by atoms with van der Waals surface area (Å²) >= 11 is 0. The Bertz CT molecular complexity index is 555. The van der Waals surface area contributed by atoms with Crippen LogP contribution in [0, 0.1) is 0 Å². The Morgan fingerprint density at radius 2 is 1.86 bits per heavy atom. The van der Waals surface area contributed by atoms with Gasteiger partial charge in [0.1, 0.15) is 5.75 Å². The Labute approximate surface area is 126 Å². The fourth-order valence-corrected chi connectivity index (χ4v) is 2.69. The highest BCUT2D eigenvalue weighted by atomic mass is 32.2. The fourth-order valence-electron chi connectivity index (χ4n) is 1.85. The van der Waals surface area contributed by atoms with E-state index < -0.39 is 10.0 Å². The summed E-state index contributed by atoms with van der Waals surface area (Å²) in [6.45, 7) is 2.37. The van der Waals surface area contributed by atoms with Crippen LogP contribution in [-0.4, -0.2) is 51.6 Å². The predicted octanol–water partition coefficient (Wildman–Crippen LogP) is 0.635. The highest BCUT2D eigenvalue weighted by Crippen LogP contribution is 2.12. The van der Waals surface area contributed by atoms with Crippen molar-refractivity contribution < 1.29 is 17.9 Å². The number of sulfonamides is 1. The molecule has 0 saturated carbocycles. The topological polar surface area (TPSA) is 75.7 Å². The van der Waals surface area contributed by atoms with E-state index in [1.807, 2.05) is 24.3 Å². The SMILES string of the molecule is COc1ccc(CCN(CCNC(C)=O)S(C)(=O)=O)cc1. The number of nitrogens with zero attached hydrogens (tertiary/aromatic N) is 1. The molecule has 0 saturated heterocycles. The van der Waals surface area contributed by atoms with Crippen LogP contribution in [0.4, 0.5) is 0 Å². The van der Waals surface area contributed by atoms with Crippen LogP contribution in [-0.2, 0) is 21.2 Å². The maximum absolute atomic E-state index is 11.7. The van der Waals surface area contributed by atoms with Gasteiger partial charge in [-0.15, -0.1) is 0 Å². The first-order valence-electron chi connectivity index (χ1n) is 6.65. The third-order valence-corrected chi connectivity index (χ3v) is 4.32. The summed E-state index contributed by atoms with van der Waals surface area (Å²) in [5.74, 6) is 0.600. The van der Waals surface area contributed by atoms with Crippen molar-refractivity contribution in [3.8, 4) is 5.75 Å². The zero-order chi connectivity index (χ0) is 15.9. The van der Waals surface area contributed by atoms with E-state index in [9.17, 15) is 13.2 Å². The summed E-state index contributed by atoms with van der Waals surface area (Å²) in [4.78, 5) is 10.8. The monoisotopic (exact) mass is 314 g/mol. The van der Waals surface area contributed by atoms with Crippen molar-refractivity contribution in [2.75, 3.05) is 33.0 Å². The molecular weight excluding hydrogens is 292 g/mol. The van der Waals surface area contributed by atoms with Crippen LogP contribution in [0.5, 0.6) is 5.75 Å². The second-order valence-corrected chi connectivity index (χ2v) is 6.73. The summed E-state index contributed by atoms with van der Waals surface area (Å²) in [6.07, 6.45) is 1.78. The molecule has 0 aliphatic carbocycles. The van der Waals surface area contributed by atoms with E-state index in [0.717, 1.165) is 11.3 Å². The fraction of sp³-hybridized carbons (Fsp3) is 0.500. The minimum Gasteiger partial charge on any atom is -0.497 e. The lowest BCUT2D eigenvalue weighted by molar-refractivity contribution is -0.118. The zero-order valence-electron chi connectivity index (χ0n) is 12.6. The standard InChI is InChI=1S/C14H22N2O4S/c1-12(17)15-9-11-16(21(3,18)19)10-8-13-4-6-14(20-2)7-5-13/h4-7H,8-11H2,1-3H3,(H,15,17). The van der Waals surface area contributed by atoms with Crippen molar-refractivity contribution in [2.24, 2.45) is 0 Å². The van der Waals surface area contributed by atoms with Crippen LogP contribution in [0.15, 0.2) is 24.3 Å². The van der Waals surface area contributed by atoms with Crippen molar-refractivity contribution in [1.29, 1.82) is 0 Å². The quantitative estimate of drug-likeness (QED) is 0.764. The van der Waals surface area contributed by atoms with Gasteiger partial charge in [0.15, 0.2) is 0 Å². The van der Waals surface area contributed by atoms with E-state index in [-0.39, 0.29) is 12.5 Å². The van der Waals surface area contributed by atoms with Gasteiger partial charge in [0.25, 0.3) is 0 Å². The van der Waals surface area contributed by atoms with Crippen molar-refractivity contribution in [2.45, 2.75) is 13.3 Å². The summed E-state index contributed by atoms with van der Waals surface area (Å²) < 4.78 is 29.9. The molecule has 7 heteroatoms. The van der Waals surface area contributed by atoms with Gasteiger partial charge < -0.3 is 10.1 Å². The summed E-state index contributed by atoms with van der Waals surface area (Å²) in [5.41, 5.74) is 1.03. The van der Waals surface area contributed by atoms with Gasteiger partial charge in [-0.25, -0.2) is 12.7 Å². The molecule has 1 amide bonds. The molecule has 6 nitrogen and oxygen atoms in total. The Hall–Kier alpha value is -1.60. The van der Waals surface area contributed by atoms with Gasteiger partial charge in [-0.2, -0.15) is 0 Å². The highest BCUT2D eigenvalue weighted by molar-refractivity contribution is 7.88. The summed E-state index contributed by atoms with van der Waals surface area (Å²) in [7, 11) is -1.69. The minimum atomic E-state index is -3.29. The lowest BCUT2D eigenvalue weighted by Gasteiger charge is -2.20. The molecule has 0 aliphatic rings. The minimum absolute atomic E-state index is 0.168. The van der Waals surface area contributed by atoms with E-state index in [0.29, 0.717) is 19.5 Å². The Kier molecular flexibility index (Phi) is 6.64. The molecular formula is C14H22N2O4S. The smallest absolute Gasteiger partial charge is 0.216 e. The van der Waals surface area contributed by atoms with Gasteiger partial charge in [0.05, 0.1) is 13.4 Å². The van der Waals surface area contributed by atoms with Crippen molar-refractivity contribution in [1.82, 2.24) is 9.62 Å². The van der Waals surface area contributed by atoms with Crippen LogP contribution >= 0.6 is 0 Å². The Morgan fingerprint density at radius 3 is 2.33 bits per heavy atom. The highest BCUT2D eigenvalue weighted by Gasteiger charge is 2.16. The average molecular weight is 314 g/mol. The summed E-state index contributed by atoms with van der Waals surface area (Å²) in [6, 6.07) is 7.51. The van der Waals surface area contributed by atoms with Crippen molar-refractivity contribution in [3.05, 3.63) is 29.8 Å². The van der Waals surface area contributed by atoms with Crippen LogP contribution < -0.4 is 10.1 Å². The molecule has 118 valence electrons. The molecule has 0 unspecified atom stereocenters. The Morgan fingerprint density at radius 1 is 1.24 bits per heavy atom. The van der Waals surface area contributed by atoms with Gasteiger partial charge in [-0.1, -0.05) is 12.1 Å². The number of benzene rings is 1. The average Bonchev–Trinajstić information content (AvgIpc) is 2.41. The van der Waals surface area contributed by atoms with Gasteiger partial charge in [0.2, 0.25) is 15.9 Å². The van der Waals surface area contributed by atoms with Crippen LogP contribution in [0.1, 0.15) is 12.5 Å². The molecule has 0 spiro atoms. The first-order chi connectivity index (χ1) is 9.82. The van der Waals surface area contributed by atoms with Crippen LogP contribution in [0.25, 0.3) is 0 Å². The molecule has 1 aromatic rings. The molecule has 0 heterocycles. The normalized spacial score (nSPS) is 11.4. The van der Waals surface area contributed by atoms with E-state index in [1.165, 1.54) is 17.5 Å². The van der Waals surface area contributed by atoms with E-state index >= 15 is 0 Å². The van der Waals surface area contributed by atoms with Crippen LogP contribution in [0.2, 0.25) is 0 Å². The molecule has 0 bridgehead atoms. The molecule has 0 radical (unpaired) electrons. The number of carbonyl (C=O) groups is 1. The number of rotatable bonds is 8. The number of nitrogens with one attached hydrogen (secondary N) is 1. The predicted molar refractivity (Wildman–Crippen MR) is 81.8 cm³/mol. The number of hydrogen-bond donors (Lipinski definition) is 1. The maximum Gasteiger partial charge on any atom is 0.216 e. The van der Waals surface area contributed by atoms with Gasteiger partial charge in [-0.3, -0.25) is 4.79 Å². The molecule has 1 aromatic carbocycles. The number of hydrogen-bond acceptors (Lipinski definition) is 4. The van der Waals surface area contributed by atoms with E-state index in [2.05, 4.69) is 5.32 Å². The lowest BCUT2D eigenvalue weighted by atomic mass is 10.1. The van der Waals surface area contributed by atoms with Gasteiger partial charge in [-0.05, 0) is 24.1 Å². The first-order valence-corrected chi connectivity index (χ1v) is 8.50. The molecule has 0 atom stereocenters. The van der Waals surface area contributed by atoms with Gasteiger partial charge in [0, 0.05) is 26.6 Å². The Balaban J connectivity index is 2.58. The number of amides is 1. The number of carbonyl (C=O) groups excluding carboxylic acids is 1. The second-order valence-electron chi connectivity index (χ2n) is 4.74. The first kappa shape index (κ1) is 17.5. The largest absolute Gasteiger partial charge is 0.497 e. The third-order valence-electron chi connectivity index (χ3n) is 3.01. The molecule has 1 N–H and O–H groups in total. The summed E-state index contributed by atoms with van der Waals surface area (Å²) in [5, 5.41) is 2.60. The van der Waals surface area contributed by atoms with Gasteiger partial charge >= 0.3 is 0 Å². The third kappa shape index (κ3) is 6.59. The van der Waals surface area contributed by atoms with Crippen molar-refractivity contribution >= 4 is 15.9 Å². The number of ether oxygens (including phenoxy) is 1. The molecule has 0 aliphatic heterocycles.